The quantitative estimate of drug-likeness (QED) is 0.581. The van der Waals surface area contributed by atoms with Gasteiger partial charge in [-0.2, -0.15) is 5.10 Å². The molecule has 1 aliphatic heterocycles. The molecule has 7 nitrogen and oxygen atoms in total. The van der Waals surface area contributed by atoms with Gasteiger partial charge in [0.25, 0.3) is 5.91 Å². The first-order valence-electron chi connectivity index (χ1n) is 11.9. The maximum Gasteiger partial charge on any atom is 0.252 e. The highest BCUT2D eigenvalue weighted by Gasteiger charge is 2.32. The molecule has 174 valence electrons. The number of benzene rings is 1. The van der Waals surface area contributed by atoms with Crippen LogP contribution in [0.15, 0.2) is 36.4 Å². The van der Waals surface area contributed by atoms with E-state index < -0.39 is 9.84 Å². The summed E-state index contributed by atoms with van der Waals surface area (Å²) in [5.41, 5.74) is 3.45. The minimum absolute atomic E-state index is 0.0596. The molecule has 2 aliphatic rings. The molecule has 0 spiro atoms. The number of hydrogen-bond donors (Lipinski definition) is 1. The molecular formula is C25H30N4O3S. The van der Waals surface area contributed by atoms with E-state index in [2.05, 4.69) is 10.4 Å². The molecule has 1 saturated heterocycles. The Balaban J connectivity index is 1.61. The van der Waals surface area contributed by atoms with Gasteiger partial charge in [-0.3, -0.25) is 4.79 Å². The SMILES string of the molecule is Cc1nn([C@H]2CCS(=O)(=O)C2)c2nc(-c3ccccc3)cc(C(=O)NC3CCCCCC3)c12. The van der Waals surface area contributed by atoms with Crippen LogP contribution < -0.4 is 5.32 Å². The van der Waals surface area contributed by atoms with Gasteiger partial charge in [0.2, 0.25) is 0 Å². The van der Waals surface area contributed by atoms with E-state index in [4.69, 9.17) is 4.98 Å². The van der Waals surface area contributed by atoms with Crippen LogP contribution in [0.25, 0.3) is 22.3 Å². The first-order valence-corrected chi connectivity index (χ1v) is 13.7. The average molecular weight is 467 g/mol. The van der Waals surface area contributed by atoms with Gasteiger partial charge in [-0.25, -0.2) is 18.1 Å². The lowest BCUT2D eigenvalue weighted by atomic mass is 10.0. The van der Waals surface area contributed by atoms with Gasteiger partial charge in [0.15, 0.2) is 15.5 Å². The van der Waals surface area contributed by atoms with Gasteiger partial charge >= 0.3 is 0 Å². The van der Waals surface area contributed by atoms with Gasteiger partial charge in [0.1, 0.15) is 0 Å². The first-order chi connectivity index (χ1) is 15.9. The van der Waals surface area contributed by atoms with Gasteiger partial charge in [-0.05, 0) is 32.3 Å². The summed E-state index contributed by atoms with van der Waals surface area (Å²) in [5.74, 6) is 0.114. The van der Waals surface area contributed by atoms with E-state index in [1.54, 1.807) is 4.68 Å². The lowest BCUT2D eigenvalue weighted by Crippen LogP contribution is -2.34. The van der Waals surface area contributed by atoms with Crippen LogP contribution >= 0.6 is 0 Å². The Kier molecular flexibility index (Phi) is 5.95. The number of sulfone groups is 1. The third-order valence-corrected chi connectivity index (χ3v) is 8.65. The van der Waals surface area contributed by atoms with Crippen LogP contribution in [0.5, 0.6) is 0 Å². The van der Waals surface area contributed by atoms with Crippen LogP contribution in [0.4, 0.5) is 0 Å². The van der Waals surface area contributed by atoms with Crippen molar-refractivity contribution in [3.63, 3.8) is 0 Å². The Morgan fingerprint density at radius 1 is 1.06 bits per heavy atom. The number of carbonyl (C=O) groups is 1. The highest BCUT2D eigenvalue weighted by atomic mass is 32.2. The predicted molar refractivity (Wildman–Crippen MR) is 129 cm³/mol. The zero-order chi connectivity index (χ0) is 23.0. The summed E-state index contributed by atoms with van der Waals surface area (Å²) in [4.78, 5) is 18.4. The van der Waals surface area contributed by atoms with E-state index in [1.807, 2.05) is 43.3 Å². The molecule has 1 amide bonds. The molecule has 0 unspecified atom stereocenters. The van der Waals surface area contributed by atoms with Crippen LogP contribution in [0, 0.1) is 6.92 Å². The summed E-state index contributed by atoms with van der Waals surface area (Å²) < 4.78 is 26.0. The Hall–Kier alpha value is -2.74. The maximum absolute atomic E-state index is 13.5. The number of carbonyl (C=O) groups excluding carboxylic acids is 1. The van der Waals surface area contributed by atoms with E-state index in [-0.39, 0.29) is 29.5 Å². The molecule has 0 bridgehead atoms. The fraction of sp³-hybridized carbons (Fsp3) is 0.480. The lowest BCUT2D eigenvalue weighted by molar-refractivity contribution is 0.0935. The molecule has 1 saturated carbocycles. The fourth-order valence-electron chi connectivity index (χ4n) is 5.16. The fourth-order valence-corrected chi connectivity index (χ4v) is 6.85. The van der Waals surface area contributed by atoms with Crippen molar-refractivity contribution in [2.24, 2.45) is 0 Å². The molecule has 2 fully saturated rings. The number of fused-ring (bicyclic) bond motifs is 1. The monoisotopic (exact) mass is 466 g/mol. The van der Waals surface area contributed by atoms with Gasteiger partial charge in [-0.1, -0.05) is 56.0 Å². The van der Waals surface area contributed by atoms with Crippen molar-refractivity contribution < 1.29 is 13.2 Å². The number of aromatic nitrogens is 3. The molecule has 1 atom stereocenters. The molecule has 33 heavy (non-hydrogen) atoms. The predicted octanol–water partition coefficient (Wildman–Crippen LogP) is 4.22. The molecule has 0 radical (unpaired) electrons. The largest absolute Gasteiger partial charge is 0.349 e. The summed E-state index contributed by atoms with van der Waals surface area (Å²) >= 11 is 0. The topological polar surface area (TPSA) is 93.9 Å². The van der Waals surface area contributed by atoms with Crippen molar-refractivity contribution in [1.82, 2.24) is 20.1 Å². The Labute approximate surface area is 194 Å². The average Bonchev–Trinajstić information content (AvgIpc) is 3.21. The smallest absolute Gasteiger partial charge is 0.252 e. The third kappa shape index (κ3) is 4.53. The van der Waals surface area contributed by atoms with E-state index in [1.165, 1.54) is 12.8 Å². The van der Waals surface area contributed by atoms with E-state index in [0.717, 1.165) is 31.2 Å². The van der Waals surface area contributed by atoms with Crippen molar-refractivity contribution in [2.45, 2.75) is 64.0 Å². The molecule has 5 rings (SSSR count). The van der Waals surface area contributed by atoms with E-state index >= 15 is 0 Å². The second-order valence-electron chi connectivity index (χ2n) is 9.37. The van der Waals surface area contributed by atoms with Gasteiger partial charge in [0, 0.05) is 11.6 Å². The normalized spacial score (nSPS) is 21.2. The van der Waals surface area contributed by atoms with Crippen LogP contribution in [0.1, 0.15) is 67.0 Å². The maximum atomic E-state index is 13.5. The van der Waals surface area contributed by atoms with Crippen molar-refractivity contribution in [3.05, 3.63) is 47.7 Å². The number of nitrogens with zero attached hydrogens (tertiary/aromatic N) is 3. The minimum Gasteiger partial charge on any atom is -0.349 e. The third-order valence-electron chi connectivity index (χ3n) is 6.90. The number of amides is 1. The number of rotatable bonds is 4. The zero-order valence-electron chi connectivity index (χ0n) is 19.0. The lowest BCUT2D eigenvalue weighted by Gasteiger charge is -2.17. The molecule has 1 aliphatic carbocycles. The highest BCUT2D eigenvalue weighted by Crippen LogP contribution is 2.32. The summed E-state index contributed by atoms with van der Waals surface area (Å²) in [7, 11) is -3.08. The van der Waals surface area contributed by atoms with Gasteiger partial charge in [0.05, 0.1) is 39.9 Å². The molecule has 1 N–H and O–H groups in total. The molecule has 3 aromatic rings. The number of nitrogens with one attached hydrogen (secondary N) is 1. The summed E-state index contributed by atoms with van der Waals surface area (Å²) in [6.45, 7) is 1.87. The van der Waals surface area contributed by atoms with Crippen molar-refractivity contribution in [1.29, 1.82) is 0 Å². The molecular weight excluding hydrogens is 436 g/mol. The molecule has 8 heteroatoms. The van der Waals surface area contributed by atoms with Gasteiger partial charge < -0.3 is 5.32 Å². The van der Waals surface area contributed by atoms with Crippen LogP contribution in [-0.4, -0.2) is 46.6 Å². The number of aryl methyl sites for hydroxylation is 1. The number of pyridine rings is 1. The molecule has 1 aromatic carbocycles. The van der Waals surface area contributed by atoms with Crippen molar-refractivity contribution in [2.75, 3.05) is 11.5 Å². The zero-order valence-corrected chi connectivity index (χ0v) is 19.8. The van der Waals surface area contributed by atoms with Crippen LogP contribution in [0.3, 0.4) is 0 Å². The van der Waals surface area contributed by atoms with E-state index in [0.29, 0.717) is 34.4 Å². The summed E-state index contributed by atoms with van der Waals surface area (Å²) in [5, 5.41) is 8.67. The summed E-state index contributed by atoms with van der Waals surface area (Å²) in [6, 6.07) is 11.5. The Morgan fingerprint density at radius 3 is 2.45 bits per heavy atom. The van der Waals surface area contributed by atoms with Gasteiger partial charge in [-0.15, -0.1) is 0 Å². The first kappa shape index (κ1) is 22.1. The Morgan fingerprint density at radius 2 is 1.79 bits per heavy atom. The number of hydrogen-bond acceptors (Lipinski definition) is 5. The molecule has 3 heterocycles. The highest BCUT2D eigenvalue weighted by molar-refractivity contribution is 7.91. The van der Waals surface area contributed by atoms with Crippen molar-refractivity contribution >= 4 is 26.8 Å². The summed E-state index contributed by atoms with van der Waals surface area (Å²) in [6.07, 6.45) is 7.24. The second kappa shape index (κ2) is 8.89. The van der Waals surface area contributed by atoms with E-state index in [9.17, 15) is 13.2 Å². The minimum atomic E-state index is -3.08. The van der Waals surface area contributed by atoms with Crippen LogP contribution in [0.2, 0.25) is 0 Å². The van der Waals surface area contributed by atoms with Crippen molar-refractivity contribution in [3.8, 4) is 11.3 Å². The van der Waals surface area contributed by atoms with Crippen LogP contribution in [-0.2, 0) is 9.84 Å². The molecule has 2 aromatic heterocycles. The Bertz CT molecular complexity index is 1280. The standard InChI is InChI=1S/C25H30N4O3S/c1-17-23-21(25(30)26-19-11-7-2-3-8-12-19)15-22(18-9-5-4-6-10-18)27-24(23)29(28-17)20-13-14-33(31,32)16-20/h4-6,9-10,15,19-20H,2-3,7-8,11-14,16H2,1H3,(H,26,30)/t20-/m0/s1. The second-order valence-corrected chi connectivity index (χ2v) is 11.6.